The lowest BCUT2D eigenvalue weighted by Gasteiger charge is -1.95. The van der Waals surface area contributed by atoms with Gasteiger partial charge in [-0.25, -0.2) is 4.79 Å². The van der Waals surface area contributed by atoms with E-state index in [1.165, 1.54) is 6.07 Å². The lowest BCUT2D eigenvalue weighted by Crippen LogP contribution is -1.96. The Bertz CT molecular complexity index is 475. The van der Waals surface area contributed by atoms with Crippen LogP contribution in [0.25, 0.3) is 10.9 Å². The summed E-state index contributed by atoms with van der Waals surface area (Å²) in [7, 11) is 0. The topological polar surface area (TPSA) is 53.1 Å². The SMILES string of the molecule is O=C(O)c1cccc2cc(Cl)[nH]c12. The zero-order valence-electron chi connectivity index (χ0n) is 6.54. The third-order valence-electron chi connectivity index (χ3n) is 1.85. The smallest absolute Gasteiger partial charge is 0.337 e. The Morgan fingerprint density at radius 1 is 1.46 bits per heavy atom. The number of nitrogens with one attached hydrogen (secondary N) is 1. The zero-order valence-corrected chi connectivity index (χ0v) is 7.30. The van der Waals surface area contributed by atoms with Crippen LogP contribution in [0.4, 0.5) is 0 Å². The average Bonchev–Trinajstić information content (AvgIpc) is 2.43. The summed E-state index contributed by atoms with van der Waals surface area (Å²) >= 11 is 5.71. The van der Waals surface area contributed by atoms with Gasteiger partial charge in [0.15, 0.2) is 0 Å². The molecule has 2 rings (SSSR count). The molecule has 0 aliphatic carbocycles. The van der Waals surface area contributed by atoms with E-state index in [1.807, 2.05) is 6.07 Å². The van der Waals surface area contributed by atoms with Crippen LogP contribution >= 0.6 is 11.6 Å². The molecule has 0 spiro atoms. The van der Waals surface area contributed by atoms with Crippen molar-refractivity contribution in [1.29, 1.82) is 0 Å². The quantitative estimate of drug-likeness (QED) is 0.735. The first-order chi connectivity index (χ1) is 6.18. The van der Waals surface area contributed by atoms with Gasteiger partial charge in [0.2, 0.25) is 0 Å². The van der Waals surface area contributed by atoms with Gasteiger partial charge in [-0.3, -0.25) is 0 Å². The molecule has 66 valence electrons. The molecule has 3 nitrogen and oxygen atoms in total. The maximum absolute atomic E-state index is 10.8. The molecule has 2 N–H and O–H groups in total. The molecule has 0 fully saturated rings. The van der Waals surface area contributed by atoms with Crippen molar-refractivity contribution in [3.8, 4) is 0 Å². The number of aromatic carboxylic acids is 1. The van der Waals surface area contributed by atoms with Crippen LogP contribution < -0.4 is 0 Å². The van der Waals surface area contributed by atoms with Crippen LogP contribution in [0, 0.1) is 0 Å². The van der Waals surface area contributed by atoms with E-state index in [-0.39, 0.29) is 5.56 Å². The fraction of sp³-hybridized carbons (Fsp3) is 0. The van der Waals surface area contributed by atoms with E-state index in [1.54, 1.807) is 12.1 Å². The Kier molecular flexibility index (Phi) is 1.74. The number of carboxylic acid groups (broad SMARTS) is 1. The van der Waals surface area contributed by atoms with Crippen LogP contribution in [0.5, 0.6) is 0 Å². The van der Waals surface area contributed by atoms with Gasteiger partial charge in [-0.05, 0) is 12.1 Å². The molecular formula is C9H6ClNO2. The molecule has 0 radical (unpaired) electrons. The molecular weight excluding hydrogens is 190 g/mol. The zero-order chi connectivity index (χ0) is 9.42. The van der Waals surface area contributed by atoms with E-state index >= 15 is 0 Å². The lowest BCUT2D eigenvalue weighted by molar-refractivity contribution is 0.0699. The van der Waals surface area contributed by atoms with Crippen molar-refractivity contribution in [2.24, 2.45) is 0 Å². The summed E-state index contributed by atoms with van der Waals surface area (Å²) in [5.74, 6) is -0.955. The molecule has 0 amide bonds. The molecule has 2 aromatic rings. The highest BCUT2D eigenvalue weighted by Crippen LogP contribution is 2.21. The molecule has 0 aliphatic heterocycles. The van der Waals surface area contributed by atoms with Crippen LogP contribution in [0.1, 0.15) is 10.4 Å². The summed E-state index contributed by atoms with van der Waals surface area (Å²) in [6.07, 6.45) is 0. The Hall–Kier alpha value is -1.48. The summed E-state index contributed by atoms with van der Waals surface area (Å²) in [6.45, 7) is 0. The highest BCUT2D eigenvalue weighted by Gasteiger charge is 2.09. The van der Waals surface area contributed by atoms with Crippen LogP contribution in [-0.2, 0) is 0 Å². The second-order valence-electron chi connectivity index (χ2n) is 2.69. The molecule has 0 bridgehead atoms. The van der Waals surface area contributed by atoms with Crippen LogP contribution in [0.15, 0.2) is 24.3 Å². The van der Waals surface area contributed by atoms with Gasteiger partial charge in [-0.2, -0.15) is 0 Å². The Morgan fingerprint density at radius 2 is 2.23 bits per heavy atom. The third kappa shape index (κ3) is 1.27. The van der Waals surface area contributed by atoms with Gasteiger partial charge in [0.25, 0.3) is 0 Å². The minimum Gasteiger partial charge on any atom is -0.478 e. The fourth-order valence-electron chi connectivity index (χ4n) is 1.30. The number of hydrogen-bond acceptors (Lipinski definition) is 1. The third-order valence-corrected chi connectivity index (χ3v) is 2.06. The molecule has 0 aliphatic rings. The number of rotatable bonds is 1. The lowest BCUT2D eigenvalue weighted by atomic mass is 10.1. The second kappa shape index (κ2) is 2.78. The standard InChI is InChI=1S/C9H6ClNO2/c10-7-4-5-2-1-3-6(9(12)13)8(5)11-7/h1-4,11H,(H,12,13). The van der Waals surface area contributed by atoms with Gasteiger partial charge >= 0.3 is 5.97 Å². The number of halogens is 1. The first-order valence-corrected chi connectivity index (χ1v) is 4.07. The summed E-state index contributed by atoms with van der Waals surface area (Å²) in [4.78, 5) is 13.6. The monoisotopic (exact) mass is 195 g/mol. The minimum absolute atomic E-state index is 0.240. The molecule has 1 aromatic heterocycles. The van der Waals surface area contributed by atoms with Crippen molar-refractivity contribution in [3.05, 3.63) is 35.0 Å². The first kappa shape index (κ1) is 8.13. The molecule has 13 heavy (non-hydrogen) atoms. The Morgan fingerprint density at radius 3 is 2.92 bits per heavy atom. The number of H-pyrrole nitrogens is 1. The Balaban J connectivity index is 2.82. The number of benzene rings is 1. The predicted molar refractivity (Wildman–Crippen MR) is 50.3 cm³/mol. The highest BCUT2D eigenvalue weighted by molar-refractivity contribution is 6.30. The summed E-state index contributed by atoms with van der Waals surface area (Å²) in [5, 5.41) is 10.1. The van der Waals surface area contributed by atoms with Gasteiger partial charge < -0.3 is 10.1 Å². The van der Waals surface area contributed by atoms with Crippen molar-refractivity contribution < 1.29 is 9.90 Å². The number of hydrogen-bond donors (Lipinski definition) is 2. The first-order valence-electron chi connectivity index (χ1n) is 3.69. The van der Waals surface area contributed by atoms with Gasteiger partial charge in [0.1, 0.15) is 5.15 Å². The predicted octanol–water partition coefficient (Wildman–Crippen LogP) is 2.52. The summed E-state index contributed by atoms with van der Waals surface area (Å²) < 4.78 is 0. The van der Waals surface area contributed by atoms with E-state index in [0.717, 1.165) is 5.39 Å². The van der Waals surface area contributed by atoms with Gasteiger partial charge in [0.05, 0.1) is 11.1 Å². The van der Waals surface area contributed by atoms with E-state index in [9.17, 15) is 4.79 Å². The van der Waals surface area contributed by atoms with E-state index < -0.39 is 5.97 Å². The normalized spacial score (nSPS) is 10.5. The summed E-state index contributed by atoms with van der Waals surface area (Å²) in [6, 6.07) is 6.74. The molecule has 0 atom stereocenters. The van der Waals surface area contributed by atoms with E-state index in [2.05, 4.69) is 4.98 Å². The molecule has 4 heteroatoms. The maximum Gasteiger partial charge on any atom is 0.337 e. The van der Waals surface area contributed by atoms with Crippen LogP contribution in [-0.4, -0.2) is 16.1 Å². The minimum atomic E-state index is -0.955. The fourth-order valence-corrected chi connectivity index (χ4v) is 1.51. The van der Waals surface area contributed by atoms with E-state index in [0.29, 0.717) is 10.7 Å². The number of aromatic amines is 1. The van der Waals surface area contributed by atoms with Crippen LogP contribution in [0.3, 0.4) is 0 Å². The average molecular weight is 196 g/mol. The molecule has 0 saturated heterocycles. The second-order valence-corrected chi connectivity index (χ2v) is 3.10. The largest absolute Gasteiger partial charge is 0.478 e. The summed E-state index contributed by atoms with van der Waals surface area (Å²) in [5.41, 5.74) is 0.810. The van der Waals surface area contributed by atoms with Crippen molar-refractivity contribution in [2.45, 2.75) is 0 Å². The highest BCUT2D eigenvalue weighted by atomic mass is 35.5. The van der Waals surface area contributed by atoms with Gasteiger partial charge in [-0.1, -0.05) is 23.7 Å². The van der Waals surface area contributed by atoms with Gasteiger partial charge in [-0.15, -0.1) is 0 Å². The molecule has 0 saturated carbocycles. The number of aromatic nitrogens is 1. The van der Waals surface area contributed by atoms with Crippen LogP contribution in [0.2, 0.25) is 5.15 Å². The molecule has 1 aromatic carbocycles. The van der Waals surface area contributed by atoms with Crippen molar-refractivity contribution in [1.82, 2.24) is 4.98 Å². The molecule has 1 heterocycles. The Labute approximate surface area is 78.9 Å². The maximum atomic E-state index is 10.8. The van der Waals surface area contributed by atoms with Crippen molar-refractivity contribution >= 4 is 28.5 Å². The number of carboxylic acids is 1. The molecule has 0 unspecified atom stereocenters. The van der Waals surface area contributed by atoms with Crippen molar-refractivity contribution in [3.63, 3.8) is 0 Å². The number of carbonyl (C=O) groups is 1. The number of fused-ring (bicyclic) bond motifs is 1. The number of para-hydroxylation sites is 1. The van der Waals surface area contributed by atoms with Gasteiger partial charge in [0, 0.05) is 5.39 Å². The van der Waals surface area contributed by atoms with Crippen molar-refractivity contribution in [2.75, 3.05) is 0 Å². The van der Waals surface area contributed by atoms with E-state index in [4.69, 9.17) is 16.7 Å².